The highest BCUT2D eigenvalue weighted by atomic mass is 16.5. The second-order valence-electron chi connectivity index (χ2n) is 31.0. The van der Waals surface area contributed by atoms with Gasteiger partial charge >= 0.3 is 0 Å². The Bertz CT molecular complexity index is 4440. The van der Waals surface area contributed by atoms with Crippen LogP contribution in [0, 0.1) is 59.2 Å². The van der Waals surface area contributed by atoms with E-state index in [0.717, 1.165) is 144 Å². The molecule has 5 aromatic carbocycles. The van der Waals surface area contributed by atoms with Gasteiger partial charge in [-0.3, -0.25) is 10.3 Å². The number of aromatic nitrogens is 1. The number of phenols is 3. The summed E-state index contributed by atoms with van der Waals surface area (Å²) in [6.45, 7) is 1.67. The Hall–Kier alpha value is -7.81. The van der Waals surface area contributed by atoms with Crippen LogP contribution in [-0.2, 0) is 64.9 Å². The molecule has 1 aromatic heterocycles. The second kappa shape index (κ2) is 24.8. The fraction of sp³-hybridized carbons (Fsp3) is 0.482. The second-order valence-corrected chi connectivity index (χ2v) is 31.0. The maximum absolute atomic E-state index is 13.0. The Morgan fingerprint density at radius 2 is 1.76 bits per heavy atom. The highest BCUT2D eigenvalue weighted by molar-refractivity contribution is 5.89. The molecule has 2 saturated carbocycles. The number of benzene rings is 5. The van der Waals surface area contributed by atoms with Gasteiger partial charge in [0.05, 0.1) is 31.0 Å². The number of nitrogens with one attached hydrogen (secondary N) is 3. The molecule has 10 bridgehead atoms. The molecule has 15 nitrogen and oxygen atoms in total. The summed E-state index contributed by atoms with van der Waals surface area (Å²) in [5, 5.41) is 71.7. The minimum Gasteiger partial charge on any atom is -0.508 e. The van der Waals surface area contributed by atoms with E-state index in [1.54, 1.807) is 36.9 Å². The van der Waals surface area contributed by atoms with Crippen LogP contribution in [0.2, 0.25) is 0 Å². The Kier molecular flexibility index (Phi) is 15.8. The number of piperidine rings is 1. The molecular weight excluding hydrogens is 1220 g/mol. The molecular formula is C83H92N6O9. The van der Waals surface area contributed by atoms with E-state index in [4.69, 9.17) is 24.7 Å². The zero-order chi connectivity index (χ0) is 66.1. The van der Waals surface area contributed by atoms with Crippen molar-refractivity contribution in [2.45, 2.75) is 177 Å². The molecule has 98 heavy (non-hydrogen) atoms. The summed E-state index contributed by atoms with van der Waals surface area (Å²) in [5.41, 5.74) is 22.1. The van der Waals surface area contributed by atoms with Crippen LogP contribution in [0.3, 0.4) is 0 Å². The number of nitrogens with two attached hydrogens (primary N) is 1. The van der Waals surface area contributed by atoms with Gasteiger partial charge in [0.1, 0.15) is 42.4 Å². The molecule has 10 N–H and O–H groups in total. The topological polar surface area (TPSA) is 217 Å². The van der Waals surface area contributed by atoms with Gasteiger partial charge in [-0.1, -0.05) is 91.4 Å². The van der Waals surface area contributed by atoms with E-state index in [-0.39, 0.29) is 83.5 Å². The van der Waals surface area contributed by atoms with Gasteiger partial charge in [0, 0.05) is 108 Å². The smallest absolute Gasteiger partial charge is 0.188 e. The fourth-order valence-corrected chi connectivity index (χ4v) is 21.4. The summed E-state index contributed by atoms with van der Waals surface area (Å²) >= 11 is 0. The maximum Gasteiger partial charge on any atom is 0.188 e. The van der Waals surface area contributed by atoms with Crippen LogP contribution in [-0.4, -0.2) is 99.2 Å². The number of aliphatic hydroxyl groups excluding tert-OH is 2. The van der Waals surface area contributed by atoms with Gasteiger partial charge in [-0.25, -0.2) is 0 Å². The molecule has 20 rings (SSSR count). The Labute approximate surface area is 574 Å². The van der Waals surface area contributed by atoms with Gasteiger partial charge in [0.25, 0.3) is 0 Å². The van der Waals surface area contributed by atoms with Crippen LogP contribution >= 0.6 is 0 Å². The van der Waals surface area contributed by atoms with Gasteiger partial charge in [0.15, 0.2) is 17.5 Å². The summed E-state index contributed by atoms with van der Waals surface area (Å²) < 4.78 is 31.8. The molecule has 0 radical (unpaired) electrons. The Morgan fingerprint density at radius 1 is 0.847 bits per heavy atom. The number of guanidine groups is 1. The monoisotopic (exact) mass is 1320 g/mol. The lowest BCUT2D eigenvalue weighted by molar-refractivity contribution is -0.247. The number of fused-ring (bicyclic) bond motifs is 7. The quantitative estimate of drug-likeness (QED) is 0.0285. The van der Waals surface area contributed by atoms with Crippen molar-refractivity contribution in [1.82, 2.24) is 20.5 Å². The number of ether oxygens (including phenoxy) is 4. The molecule has 0 amide bonds. The first-order chi connectivity index (χ1) is 47.9. The largest absolute Gasteiger partial charge is 0.508 e. The summed E-state index contributed by atoms with van der Waals surface area (Å²) in [7, 11) is 1.70. The average Bonchev–Trinajstić information content (AvgIpc) is 0.851. The number of nitrogens with zero attached hydrogens (tertiary/aromatic N) is 2. The number of phenolic OH excluding ortho intramolecular Hbond substituents is 3. The Morgan fingerprint density at radius 3 is 2.65 bits per heavy atom. The van der Waals surface area contributed by atoms with Crippen molar-refractivity contribution in [2.75, 3.05) is 26.8 Å². The normalized spacial score (nSPS) is 32.6. The minimum atomic E-state index is -0.848. The molecule has 9 heterocycles. The lowest BCUT2D eigenvalue weighted by Gasteiger charge is -2.69. The predicted molar refractivity (Wildman–Crippen MR) is 378 cm³/mol. The SMILES string of the molecule is CN=C(N)NCC1=CC2CCC(CCc3ccc(O)c(Cc4cccc(O)c4)c3)C#CC3=C4CC5CCCOC5NC4NC4=C3C1OC2CC(O)C1C=Cc2c(c(CO)cc(O)c2OCc2cc(C35c6c7cccc6CC6CCC8CCCCC8(OCC3CC7)C65)cc3cn4cc23)C1. The first-order valence-electron chi connectivity index (χ1n) is 36.8. The predicted octanol–water partition coefficient (Wildman–Crippen LogP) is 11.8. The zero-order valence-electron chi connectivity index (χ0n) is 56.2. The van der Waals surface area contributed by atoms with Crippen molar-refractivity contribution < 1.29 is 44.5 Å². The number of aliphatic hydroxyl groups is 2. The van der Waals surface area contributed by atoms with Crippen molar-refractivity contribution in [3.63, 3.8) is 0 Å². The molecule has 508 valence electrons. The van der Waals surface area contributed by atoms with Gasteiger partial charge < -0.3 is 65.4 Å². The van der Waals surface area contributed by atoms with E-state index >= 15 is 0 Å². The molecule has 3 saturated heterocycles. The molecule has 8 aliphatic heterocycles. The lowest BCUT2D eigenvalue weighted by Crippen LogP contribution is -2.70. The number of aromatic hydroxyl groups is 3. The van der Waals surface area contributed by atoms with Gasteiger partial charge in [-0.05, 0) is 211 Å². The third-order valence-electron chi connectivity index (χ3n) is 25.8. The summed E-state index contributed by atoms with van der Waals surface area (Å²) in [4.78, 5) is 4.39. The molecule has 6 aromatic rings. The summed E-state index contributed by atoms with van der Waals surface area (Å²) in [6.07, 6.45) is 26.0. The van der Waals surface area contributed by atoms with Crippen molar-refractivity contribution in [2.24, 2.45) is 58.1 Å². The van der Waals surface area contributed by atoms with Crippen molar-refractivity contribution in [3.8, 4) is 34.8 Å². The lowest BCUT2D eigenvalue weighted by atomic mass is 9.39. The molecule has 15 heteroatoms. The van der Waals surface area contributed by atoms with Crippen molar-refractivity contribution >= 4 is 28.6 Å². The van der Waals surface area contributed by atoms with E-state index in [1.165, 1.54) is 54.4 Å². The van der Waals surface area contributed by atoms with E-state index in [2.05, 4.69) is 98.3 Å². The van der Waals surface area contributed by atoms with E-state index < -0.39 is 18.3 Å². The van der Waals surface area contributed by atoms with E-state index in [0.29, 0.717) is 67.4 Å². The Balaban J connectivity index is 0.861. The zero-order valence-corrected chi connectivity index (χ0v) is 56.2. The molecule has 1 spiro atoms. The number of aryl methyl sites for hydroxylation is 2. The van der Waals surface area contributed by atoms with Crippen molar-refractivity contribution in [3.05, 3.63) is 187 Å². The fourth-order valence-electron chi connectivity index (χ4n) is 21.4. The highest BCUT2D eigenvalue weighted by Crippen LogP contribution is 2.69. The highest BCUT2D eigenvalue weighted by Gasteiger charge is 2.69. The number of aliphatic imine (C=N–C) groups is 1. The van der Waals surface area contributed by atoms with Gasteiger partial charge in [-0.2, -0.15) is 0 Å². The van der Waals surface area contributed by atoms with E-state index in [1.807, 2.05) is 24.3 Å². The first kappa shape index (κ1) is 62.4. The molecule has 6 aliphatic carbocycles. The van der Waals surface area contributed by atoms with Crippen molar-refractivity contribution in [1.29, 1.82) is 0 Å². The first-order valence-corrected chi connectivity index (χ1v) is 36.8. The maximum atomic E-state index is 13.0. The molecule has 14 aliphatic rings. The molecule has 15 unspecified atom stereocenters. The number of hydrogen-bond acceptors (Lipinski definition) is 12. The minimum absolute atomic E-state index is 0.0220. The van der Waals surface area contributed by atoms with Crippen LogP contribution in [0.1, 0.15) is 151 Å². The van der Waals surface area contributed by atoms with Crippen LogP contribution in [0.4, 0.5) is 0 Å². The van der Waals surface area contributed by atoms with Crippen LogP contribution in [0.25, 0.3) is 22.7 Å². The third-order valence-corrected chi connectivity index (χ3v) is 25.8. The van der Waals surface area contributed by atoms with Gasteiger partial charge in [-0.15, -0.1) is 0 Å². The van der Waals surface area contributed by atoms with Crippen LogP contribution in [0.5, 0.6) is 23.0 Å². The van der Waals surface area contributed by atoms with Crippen LogP contribution < -0.4 is 26.4 Å². The van der Waals surface area contributed by atoms with Gasteiger partial charge in [0.2, 0.25) is 0 Å². The van der Waals surface area contributed by atoms with E-state index in [9.17, 15) is 25.5 Å². The molecule has 15 atom stereocenters. The average molecular weight is 1320 g/mol. The molecule has 5 fully saturated rings. The summed E-state index contributed by atoms with van der Waals surface area (Å²) in [6, 6.07) is 27.1. The number of rotatable bonds is 9. The van der Waals surface area contributed by atoms with Crippen LogP contribution in [0.15, 0.2) is 131 Å². The summed E-state index contributed by atoms with van der Waals surface area (Å²) in [5.74, 6) is 11.3. The number of hydrogen-bond donors (Lipinski definition) is 9. The number of dihydropyridines is 1. The third kappa shape index (κ3) is 10.4. The standard InChI is InChI=1S/C83H92N6O9/c1-85-81(84)86-40-56-32-51-18-15-46(13-14-47-17-26-69(92)55(29-47)30-48-7-4-12-63(91)31-48)16-24-64-67-37-54-10-6-28-95-80(54)88-78(67)87-79-73(64)75(56)98-72(51)39-70(93)50-21-25-65-66(36-50)58(43-90)38-71(94)76(65)96-44-59-35-62(34-57-41-89(79)42-68(57)59)83-61-23-19-49-8-5-9-52(74(49)83)33-53-20-22-60-11-2-3-27-82(60,77(53)83)97-45-61/h4-5,7-9,12,17,21,25-26,29,31-32,34-35,38,41-42,46,50-51,53-54,60-61,70,72,75,77-78,80,87-88,90-94H,2-3,6,10-11,13-15,18-20,22-23,27-28,30,33,36-37,39-40,43-45H2,1H3,(H3,84,85,86).